The molecule has 0 saturated heterocycles. The van der Waals surface area contributed by atoms with Crippen LogP contribution in [0.5, 0.6) is 0 Å². The van der Waals surface area contributed by atoms with Crippen molar-refractivity contribution < 1.29 is 4.42 Å². The van der Waals surface area contributed by atoms with Crippen molar-refractivity contribution in [2.45, 2.75) is 64.2 Å². The number of rotatable bonds is 1. The first-order chi connectivity index (χ1) is 7.07. The largest absolute Gasteiger partial charge is 0.445 e. The summed E-state index contributed by atoms with van der Waals surface area (Å²) in [6.07, 6.45) is 8.57. The topological polar surface area (TPSA) is 26.0 Å². The lowest BCUT2D eigenvalue weighted by Crippen LogP contribution is -2.11. The molecule has 2 nitrogen and oxygen atoms in total. The van der Waals surface area contributed by atoms with Crippen LogP contribution in [-0.4, -0.2) is 4.98 Å². The van der Waals surface area contributed by atoms with E-state index in [-0.39, 0.29) is 5.41 Å². The van der Waals surface area contributed by atoms with Crippen LogP contribution in [0, 0.1) is 0 Å². The summed E-state index contributed by atoms with van der Waals surface area (Å²) in [5.41, 5.74) is 0.0346. The Kier molecular flexibility index (Phi) is 2.85. The predicted octanol–water partition coefficient (Wildman–Crippen LogP) is 4.02. The second kappa shape index (κ2) is 3.99. The predicted molar refractivity (Wildman–Crippen MR) is 61.0 cm³/mol. The Bertz CT molecular complexity index is 316. The molecular formula is C13H21NO. The van der Waals surface area contributed by atoms with E-state index in [1.165, 1.54) is 32.1 Å². The molecule has 0 spiro atoms. The van der Waals surface area contributed by atoms with Crippen molar-refractivity contribution in [2.75, 3.05) is 0 Å². The highest BCUT2D eigenvalue weighted by Gasteiger charge is 2.24. The molecule has 2 heteroatoms. The summed E-state index contributed by atoms with van der Waals surface area (Å²) in [6, 6.07) is 0. The molecule has 0 N–H and O–H groups in total. The van der Waals surface area contributed by atoms with Crippen LogP contribution in [-0.2, 0) is 5.41 Å². The molecule has 0 unspecified atom stereocenters. The van der Waals surface area contributed by atoms with Gasteiger partial charge in [0.25, 0.3) is 0 Å². The second-order valence-corrected chi connectivity index (χ2v) is 5.65. The Morgan fingerprint density at radius 3 is 2.40 bits per heavy atom. The van der Waals surface area contributed by atoms with Gasteiger partial charge in [0.05, 0.1) is 6.20 Å². The van der Waals surface area contributed by atoms with Gasteiger partial charge in [-0.2, -0.15) is 0 Å². The van der Waals surface area contributed by atoms with Crippen LogP contribution in [0.2, 0.25) is 0 Å². The molecule has 1 aliphatic carbocycles. The van der Waals surface area contributed by atoms with Crippen LogP contribution in [0.25, 0.3) is 0 Å². The molecule has 0 aliphatic heterocycles. The summed E-state index contributed by atoms with van der Waals surface area (Å²) >= 11 is 0. The third kappa shape index (κ3) is 2.42. The third-order valence-electron chi connectivity index (χ3n) is 3.17. The van der Waals surface area contributed by atoms with Crippen LogP contribution in [0.1, 0.15) is 70.4 Å². The first kappa shape index (κ1) is 10.7. The third-order valence-corrected chi connectivity index (χ3v) is 3.17. The highest BCUT2D eigenvalue weighted by Crippen LogP contribution is 2.34. The Labute approximate surface area is 92.1 Å². The number of nitrogens with zero attached hydrogens (tertiary/aromatic N) is 1. The maximum Gasteiger partial charge on any atom is 0.199 e. The lowest BCUT2D eigenvalue weighted by Gasteiger charge is -2.19. The van der Waals surface area contributed by atoms with E-state index in [0.717, 1.165) is 11.7 Å². The van der Waals surface area contributed by atoms with E-state index in [1.54, 1.807) is 0 Å². The quantitative estimate of drug-likeness (QED) is 0.695. The first-order valence-corrected chi connectivity index (χ1v) is 6.03. The zero-order valence-corrected chi connectivity index (χ0v) is 10.0. The molecule has 1 aromatic rings. The molecule has 1 saturated carbocycles. The number of aromatic nitrogens is 1. The fourth-order valence-corrected chi connectivity index (χ4v) is 2.21. The number of hydrogen-bond donors (Lipinski definition) is 0. The molecule has 0 aromatic carbocycles. The Balaban J connectivity index is 2.12. The van der Waals surface area contributed by atoms with Gasteiger partial charge in [-0.15, -0.1) is 0 Å². The lowest BCUT2D eigenvalue weighted by atomic mass is 9.88. The standard InChI is InChI=1S/C13H21NO/c1-13(2,3)12-14-9-11(15-12)10-7-5-4-6-8-10/h9-10H,4-8H2,1-3H3. The normalized spacial score (nSPS) is 19.4. The van der Waals surface area contributed by atoms with Crippen molar-refractivity contribution in [3.63, 3.8) is 0 Å². The van der Waals surface area contributed by atoms with E-state index in [2.05, 4.69) is 25.8 Å². The van der Waals surface area contributed by atoms with Gasteiger partial charge in [-0.05, 0) is 12.8 Å². The van der Waals surface area contributed by atoms with Crippen LogP contribution in [0.3, 0.4) is 0 Å². The van der Waals surface area contributed by atoms with Crippen LogP contribution in [0.4, 0.5) is 0 Å². The van der Waals surface area contributed by atoms with Gasteiger partial charge in [0.15, 0.2) is 5.89 Å². The fraction of sp³-hybridized carbons (Fsp3) is 0.769. The molecule has 15 heavy (non-hydrogen) atoms. The first-order valence-electron chi connectivity index (χ1n) is 6.03. The molecule has 0 amide bonds. The SMILES string of the molecule is CC(C)(C)c1ncc(C2CCCCC2)o1. The summed E-state index contributed by atoms with van der Waals surface area (Å²) in [5, 5.41) is 0. The molecule has 0 bridgehead atoms. The van der Waals surface area contributed by atoms with Crippen molar-refractivity contribution >= 4 is 0 Å². The smallest absolute Gasteiger partial charge is 0.199 e. The summed E-state index contributed by atoms with van der Waals surface area (Å²) < 4.78 is 5.88. The van der Waals surface area contributed by atoms with Crippen molar-refractivity contribution in [1.82, 2.24) is 4.98 Å². The van der Waals surface area contributed by atoms with Gasteiger partial charge in [0.2, 0.25) is 0 Å². The Hall–Kier alpha value is -0.790. The van der Waals surface area contributed by atoms with Gasteiger partial charge in [0.1, 0.15) is 5.76 Å². The Morgan fingerprint density at radius 1 is 1.20 bits per heavy atom. The summed E-state index contributed by atoms with van der Waals surface area (Å²) in [4.78, 5) is 4.40. The minimum atomic E-state index is 0.0346. The van der Waals surface area contributed by atoms with Gasteiger partial charge < -0.3 is 4.42 Å². The molecule has 1 aromatic heterocycles. The minimum absolute atomic E-state index is 0.0346. The summed E-state index contributed by atoms with van der Waals surface area (Å²) in [6.45, 7) is 6.43. The monoisotopic (exact) mass is 207 g/mol. The Morgan fingerprint density at radius 2 is 1.87 bits per heavy atom. The van der Waals surface area contributed by atoms with Gasteiger partial charge in [-0.25, -0.2) is 4.98 Å². The minimum Gasteiger partial charge on any atom is -0.445 e. The summed E-state index contributed by atoms with van der Waals surface area (Å²) in [7, 11) is 0. The van der Waals surface area contributed by atoms with E-state index in [1.807, 2.05) is 6.20 Å². The maximum absolute atomic E-state index is 5.88. The molecule has 84 valence electrons. The van der Waals surface area contributed by atoms with Gasteiger partial charge in [-0.3, -0.25) is 0 Å². The lowest BCUT2D eigenvalue weighted by molar-refractivity contribution is 0.328. The summed E-state index contributed by atoms with van der Waals surface area (Å²) in [5.74, 6) is 2.62. The van der Waals surface area contributed by atoms with Crippen molar-refractivity contribution in [3.05, 3.63) is 17.8 Å². The highest BCUT2D eigenvalue weighted by atomic mass is 16.4. The van der Waals surface area contributed by atoms with Gasteiger partial charge in [0, 0.05) is 11.3 Å². The van der Waals surface area contributed by atoms with Crippen LogP contribution < -0.4 is 0 Å². The zero-order valence-electron chi connectivity index (χ0n) is 10.0. The van der Waals surface area contributed by atoms with E-state index in [9.17, 15) is 0 Å². The molecule has 1 aliphatic rings. The van der Waals surface area contributed by atoms with E-state index in [4.69, 9.17) is 4.42 Å². The molecule has 0 radical (unpaired) electrons. The van der Waals surface area contributed by atoms with Crippen molar-refractivity contribution in [2.24, 2.45) is 0 Å². The van der Waals surface area contributed by atoms with Gasteiger partial charge >= 0.3 is 0 Å². The molecule has 2 rings (SSSR count). The van der Waals surface area contributed by atoms with Crippen LogP contribution in [0.15, 0.2) is 10.6 Å². The number of hydrogen-bond acceptors (Lipinski definition) is 2. The average molecular weight is 207 g/mol. The van der Waals surface area contributed by atoms with Crippen molar-refractivity contribution in [1.29, 1.82) is 0 Å². The molecule has 1 heterocycles. The zero-order chi connectivity index (χ0) is 10.9. The molecular weight excluding hydrogens is 186 g/mol. The average Bonchev–Trinajstić information content (AvgIpc) is 2.67. The van der Waals surface area contributed by atoms with E-state index >= 15 is 0 Å². The number of oxazole rings is 1. The highest BCUT2D eigenvalue weighted by molar-refractivity contribution is 5.07. The molecule has 0 atom stereocenters. The fourth-order valence-electron chi connectivity index (χ4n) is 2.21. The van der Waals surface area contributed by atoms with Gasteiger partial charge in [-0.1, -0.05) is 40.0 Å². The van der Waals surface area contributed by atoms with E-state index in [0.29, 0.717) is 5.92 Å². The second-order valence-electron chi connectivity index (χ2n) is 5.65. The van der Waals surface area contributed by atoms with Crippen molar-refractivity contribution in [3.8, 4) is 0 Å². The van der Waals surface area contributed by atoms with Crippen LogP contribution >= 0.6 is 0 Å². The maximum atomic E-state index is 5.88. The van der Waals surface area contributed by atoms with E-state index < -0.39 is 0 Å². The molecule has 1 fully saturated rings.